The van der Waals surface area contributed by atoms with Crippen molar-refractivity contribution in [3.05, 3.63) is 33.4 Å². The zero-order valence-corrected chi connectivity index (χ0v) is 16.8. The summed E-state index contributed by atoms with van der Waals surface area (Å²) in [5.74, 6) is -0.429. The molecule has 1 amide bonds. The summed E-state index contributed by atoms with van der Waals surface area (Å²) in [5, 5.41) is 11.1. The van der Waals surface area contributed by atoms with Gasteiger partial charge in [0, 0.05) is 38.1 Å². The van der Waals surface area contributed by atoms with E-state index in [9.17, 15) is 19.7 Å². The Kier molecular flexibility index (Phi) is 6.48. The number of carbonyl (C=O) groups excluding carboxylic acids is 2. The van der Waals surface area contributed by atoms with E-state index in [0.717, 1.165) is 6.07 Å². The van der Waals surface area contributed by atoms with Crippen LogP contribution in [-0.2, 0) is 9.47 Å². The maximum Gasteiger partial charge on any atom is 0.410 e. The molecule has 0 radical (unpaired) electrons. The first-order valence-electron chi connectivity index (χ1n) is 9.03. The van der Waals surface area contributed by atoms with Gasteiger partial charge >= 0.3 is 12.1 Å². The molecule has 9 heteroatoms. The second kappa shape index (κ2) is 8.45. The van der Waals surface area contributed by atoms with E-state index in [2.05, 4.69) is 0 Å². The zero-order valence-electron chi connectivity index (χ0n) is 16.8. The maximum absolute atomic E-state index is 12.2. The number of nitrogens with zero attached hydrogens (tertiary/aromatic N) is 2. The lowest BCUT2D eigenvalue weighted by Crippen LogP contribution is -2.44. The highest BCUT2D eigenvalue weighted by Gasteiger charge is 2.29. The number of likely N-dealkylation sites (tertiary alicyclic amines) is 1. The van der Waals surface area contributed by atoms with Crippen molar-refractivity contribution in [1.82, 2.24) is 4.90 Å². The standard InChI is InChI=1S/C19H26N2O7/c1-12-10-13(21(24)25)11-15(17(22)26-5)16(12)27-14-6-8-20(9-7-14)18(23)28-19(2,3)4/h10-11,14H,6-9H2,1-5H3. The molecule has 0 bridgehead atoms. The lowest BCUT2D eigenvalue weighted by molar-refractivity contribution is -0.385. The van der Waals surface area contributed by atoms with Crippen LogP contribution in [-0.4, -0.2) is 53.8 Å². The van der Waals surface area contributed by atoms with E-state index < -0.39 is 16.5 Å². The maximum atomic E-state index is 12.2. The van der Waals surface area contributed by atoms with E-state index in [0.29, 0.717) is 31.5 Å². The van der Waals surface area contributed by atoms with E-state index in [4.69, 9.17) is 14.2 Å². The van der Waals surface area contributed by atoms with E-state index >= 15 is 0 Å². The summed E-state index contributed by atoms with van der Waals surface area (Å²) in [4.78, 5) is 36.4. The van der Waals surface area contributed by atoms with Crippen molar-refractivity contribution in [2.75, 3.05) is 20.2 Å². The monoisotopic (exact) mass is 394 g/mol. The highest BCUT2D eigenvalue weighted by Crippen LogP contribution is 2.32. The Morgan fingerprint density at radius 1 is 1.21 bits per heavy atom. The van der Waals surface area contributed by atoms with Gasteiger partial charge in [0.15, 0.2) is 0 Å². The quantitative estimate of drug-likeness (QED) is 0.437. The summed E-state index contributed by atoms with van der Waals surface area (Å²) >= 11 is 0. The van der Waals surface area contributed by atoms with Gasteiger partial charge in [-0.3, -0.25) is 10.1 Å². The SMILES string of the molecule is COC(=O)c1cc([N+](=O)[O-])cc(C)c1OC1CCN(C(=O)OC(C)(C)C)CC1. The number of benzene rings is 1. The van der Waals surface area contributed by atoms with Gasteiger partial charge < -0.3 is 19.1 Å². The summed E-state index contributed by atoms with van der Waals surface area (Å²) in [5.41, 5.74) is -0.270. The molecule has 0 atom stereocenters. The van der Waals surface area contributed by atoms with Crippen LogP contribution in [0.5, 0.6) is 5.75 Å². The zero-order chi connectivity index (χ0) is 21.1. The Balaban J connectivity index is 2.11. The minimum atomic E-state index is -0.701. The molecular formula is C19H26N2O7. The van der Waals surface area contributed by atoms with E-state index in [1.54, 1.807) is 11.8 Å². The van der Waals surface area contributed by atoms with Crippen LogP contribution < -0.4 is 4.74 Å². The Bertz CT molecular complexity index is 762. The molecule has 1 aliphatic heterocycles. The molecular weight excluding hydrogens is 368 g/mol. The molecule has 1 fully saturated rings. The van der Waals surface area contributed by atoms with Crippen LogP contribution in [0.2, 0.25) is 0 Å². The number of non-ortho nitro benzene ring substituents is 1. The molecule has 1 aliphatic rings. The fraction of sp³-hybridized carbons (Fsp3) is 0.579. The molecule has 1 saturated heterocycles. The number of piperidine rings is 1. The molecule has 0 aliphatic carbocycles. The highest BCUT2D eigenvalue weighted by molar-refractivity contribution is 5.93. The summed E-state index contributed by atoms with van der Waals surface area (Å²) < 4.78 is 16.1. The summed E-state index contributed by atoms with van der Waals surface area (Å²) in [6, 6.07) is 2.52. The van der Waals surface area contributed by atoms with Crippen molar-refractivity contribution >= 4 is 17.7 Å². The van der Waals surface area contributed by atoms with Crippen LogP contribution in [0, 0.1) is 17.0 Å². The fourth-order valence-corrected chi connectivity index (χ4v) is 2.93. The number of esters is 1. The second-order valence-corrected chi connectivity index (χ2v) is 7.67. The Morgan fingerprint density at radius 3 is 2.32 bits per heavy atom. The average Bonchev–Trinajstić information content (AvgIpc) is 2.61. The summed E-state index contributed by atoms with van der Waals surface area (Å²) in [6.45, 7) is 7.99. The first-order chi connectivity index (χ1) is 13.0. The van der Waals surface area contributed by atoms with Crippen molar-refractivity contribution in [3.63, 3.8) is 0 Å². The first-order valence-corrected chi connectivity index (χ1v) is 9.03. The topological polar surface area (TPSA) is 108 Å². The fourth-order valence-electron chi connectivity index (χ4n) is 2.93. The third-order valence-electron chi connectivity index (χ3n) is 4.25. The van der Waals surface area contributed by atoms with Crippen LogP contribution in [0.25, 0.3) is 0 Å². The molecule has 1 aromatic carbocycles. The second-order valence-electron chi connectivity index (χ2n) is 7.67. The number of ether oxygens (including phenoxy) is 3. The number of nitro groups is 1. The third-order valence-corrected chi connectivity index (χ3v) is 4.25. The molecule has 1 heterocycles. The normalized spacial score (nSPS) is 15.1. The lowest BCUT2D eigenvalue weighted by Gasteiger charge is -2.34. The molecule has 0 N–H and O–H groups in total. The van der Waals surface area contributed by atoms with Gasteiger partial charge in [0.05, 0.1) is 12.0 Å². The summed E-state index contributed by atoms with van der Waals surface area (Å²) in [7, 11) is 1.21. The Morgan fingerprint density at radius 2 is 1.82 bits per heavy atom. The Labute approximate surface area is 163 Å². The van der Waals surface area contributed by atoms with Gasteiger partial charge in [-0.15, -0.1) is 0 Å². The minimum absolute atomic E-state index is 0.0174. The largest absolute Gasteiger partial charge is 0.489 e. The number of carbonyl (C=O) groups is 2. The van der Waals surface area contributed by atoms with Gasteiger partial charge in [0.25, 0.3) is 5.69 Å². The highest BCUT2D eigenvalue weighted by atomic mass is 16.6. The van der Waals surface area contributed by atoms with Crippen molar-refractivity contribution < 1.29 is 28.7 Å². The third kappa shape index (κ3) is 5.34. The van der Waals surface area contributed by atoms with Gasteiger partial charge in [-0.25, -0.2) is 9.59 Å². The summed E-state index contributed by atoms with van der Waals surface area (Å²) in [6.07, 6.45) is 0.502. The number of aryl methyl sites for hydroxylation is 1. The van der Waals surface area contributed by atoms with E-state index in [1.165, 1.54) is 13.2 Å². The molecule has 0 spiro atoms. The van der Waals surface area contributed by atoms with Crippen LogP contribution in [0.4, 0.5) is 10.5 Å². The molecule has 9 nitrogen and oxygen atoms in total. The van der Waals surface area contributed by atoms with Crippen LogP contribution in [0.3, 0.4) is 0 Å². The van der Waals surface area contributed by atoms with Crippen LogP contribution in [0.15, 0.2) is 12.1 Å². The van der Waals surface area contributed by atoms with Crippen molar-refractivity contribution in [1.29, 1.82) is 0 Å². The number of rotatable bonds is 4. The van der Waals surface area contributed by atoms with E-state index in [1.807, 2.05) is 20.8 Å². The number of amides is 1. The smallest absolute Gasteiger partial charge is 0.410 e. The van der Waals surface area contributed by atoms with Crippen molar-refractivity contribution in [2.24, 2.45) is 0 Å². The van der Waals surface area contributed by atoms with Gasteiger partial charge in [-0.05, 0) is 33.3 Å². The van der Waals surface area contributed by atoms with Crippen molar-refractivity contribution in [2.45, 2.75) is 52.2 Å². The van der Waals surface area contributed by atoms with E-state index in [-0.39, 0.29) is 29.2 Å². The molecule has 0 unspecified atom stereocenters. The molecule has 1 aromatic rings. The number of nitro benzene ring substituents is 1. The molecule has 0 aromatic heterocycles. The van der Waals surface area contributed by atoms with Crippen LogP contribution >= 0.6 is 0 Å². The number of hydrogen-bond donors (Lipinski definition) is 0. The Hall–Kier alpha value is -2.84. The van der Waals surface area contributed by atoms with Gasteiger partial charge in [-0.1, -0.05) is 0 Å². The van der Waals surface area contributed by atoms with Crippen molar-refractivity contribution in [3.8, 4) is 5.75 Å². The molecule has 28 heavy (non-hydrogen) atoms. The first kappa shape index (κ1) is 21.5. The predicted molar refractivity (Wildman–Crippen MR) is 101 cm³/mol. The predicted octanol–water partition coefficient (Wildman–Crippen LogP) is 3.47. The molecule has 0 saturated carbocycles. The number of hydrogen-bond acceptors (Lipinski definition) is 7. The number of methoxy groups -OCH3 is 1. The van der Waals surface area contributed by atoms with Gasteiger partial charge in [-0.2, -0.15) is 0 Å². The molecule has 2 rings (SSSR count). The molecule has 154 valence electrons. The average molecular weight is 394 g/mol. The minimum Gasteiger partial charge on any atom is -0.489 e. The van der Waals surface area contributed by atoms with Gasteiger partial charge in [0.1, 0.15) is 23.0 Å². The van der Waals surface area contributed by atoms with Crippen LogP contribution in [0.1, 0.15) is 49.5 Å². The van der Waals surface area contributed by atoms with Gasteiger partial charge in [0.2, 0.25) is 0 Å². The lowest BCUT2D eigenvalue weighted by atomic mass is 10.1.